The fraction of sp³-hybridized carbons (Fsp3) is 0. The van der Waals surface area contributed by atoms with Crippen molar-refractivity contribution in [2.24, 2.45) is 20.5 Å². The molecule has 21 heteroatoms. The molecule has 250 valence electrons. The molecular formula is C28H18N6O12S3. The van der Waals surface area contributed by atoms with Gasteiger partial charge < -0.3 is 10.8 Å². The number of phenolic OH excluding ortho intramolecular Hbond substituents is 1. The quantitative estimate of drug-likeness (QED) is 0.0572. The first-order valence-electron chi connectivity index (χ1n) is 13.2. The number of nitrogens with one attached hydrogen (secondary N) is 1. The van der Waals surface area contributed by atoms with E-state index in [0.717, 1.165) is 24.3 Å². The Labute approximate surface area is 274 Å². The number of anilines is 1. The minimum atomic E-state index is -5.26. The SMILES string of the molecule is Nc1ccc2c(O)c(/N=N/c3ccc(/N=N/c4ccc5c(c4)C(=O)NC5=O)c4ccc(S(=O)(=O)O)cc34)c(S(=O)(=O)O)cc2c1S(=O)(=O)O. The second-order valence-corrected chi connectivity index (χ2v) is 14.5. The Morgan fingerprint density at radius 1 is 0.592 bits per heavy atom. The fourth-order valence-electron chi connectivity index (χ4n) is 5.06. The second kappa shape index (κ2) is 11.5. The van der Waals surface area contributed by atoms with Gasteiger partial charge in [-0.25, -0.2) is 0 Å². The molecule has 5 aromatic carbocycles. The van der Waals surface area contributed by atoms with Gasteiger partial charge in [-0.1, -0.05) is 6.07 Å². The monoisotopic (exact) mass is 726 g/mol. The predicted molar refractivity (Wildman–Crippen MR) is 170 cm³/mol. The molecule has 18 nitrogen and oxygen atoms in total. The van der Waals surface area contributed by atoms with Crippen LogP contribution in [0.5, 0.6) is 5.75 Å². The number of phenols is 1. The van der Waals surface area contributed by atoms with Crippen molar-refractivity contribution in [3.05, 3.63) is 77.9 Å². The number of amides is 2. The van der Waals surface area contributed by atoms with Crippen molar-refractivity contribution in [2.75, 3.05) is 5.73 Å². The Morgan fingerprint density at radius 3 is 1.88 bits per heavy atom. The maximum absolute atomic E-state index is 12.3. The van der Waals surface area contributed by atoms with Crippen molar-refractivity contribution in [1.82, 2.24) is 5.32 Å². The zero-order valence-corrected chi connectivity index (χ0v) is 26.4. The number of hydrogen-bond acceptors (Lipinski definition) is 14. The third-order valence-corrected chi connectivity index (χ3v) is 9.93. The van der Waals surface area contributed by atoms with E-state index >= 15 is 0 Å². The van der Waals surface area contributed by atoms with Crippen LogP contribution >= 0.6 is 0 Å². The number of nitrogens with two attached hydrogens (primary N) is 1. The van der Waals surface area contributed by atoms with Crippen molar-refractivity contribution < 1.29 is 53.6 Å². The van der Waals surface area contributed by atoms with E-state index in [-0.39, 0.29) is 44.3 Å². The zero-order valence-electron chi connectivity index (χ0n) is 24.0. The first kappa shape index (κ1) is 33.2. The molecule has 1 aliphatic rings. The molecule has 1 heterocycles. The molecule has 0 aliphatic carbocycles. The number of azo groups is 2. The van der Waals surface area contributed by atoms with Crippen molar-refractivity contribution in [3.63, 3.8) is 0 Å². The molecule has 49 heavy (non-hydrogen) atoms. The van der Waals surface area contributed by atoms with Crippen molar-refractivity contribution in [3.8, 4) is 5.75 Å². The van der Waals surface area contributed by atoms with E-state index in [4.69, 9.17) is 5.73 Å². The van der Waals surface area contributed by atoms with Gasteiger partial charge in [-0.05, 0) is 60.7 Å². The average Bonchev–Trinajstić information content (AvgIpc) is 3.29. The van der Waals surface area contributed by atoms with Crippen LogP contribution < -0.4 is 11.1 Å². The van der Waals surface area contributed by atoms with E-state index in [1.165, 1.54) is 36.4 Å². The standard InChI is InChI=1S/C28H18N6O12S3/c29-20-6-5-15-18(26(20)49(44,45)46)11-23(48(41,42)43)24(25(15)35)34-33-22-8-7-21(14-4-2-13(10-17(14)22)47(38,39)40)32-31-12-1-3-16-19(9-12)28(37)30-27(16)36/h1-11,35H,29H2,(H,30,36,37)(H,38,39,40)(H,41,42,43)(H,44,45,46)/b32-31+,34-33+. The summed E-state index contributed by atoms with van der Waals surface area (Å²) in [5.74, 6) is -2.17. The molecule has 0 spiro atoms. The maximum Gasteiger partial charge on any atom is 0.297 e. The molecule has 0 radical (unpaired) electrons. The minimum Gasteiger partial charge on any atom is -0.505 e. The molecule has 7 N–H and O–H groups in total. The molecule has 0 fully saturated rings. The topological polar surface area (TPSA) is 305 Å². The highest BCUT2D eigenvalue weighted by Crippen LogP contribution is 2.45. The van der Waals surface area contributed by atoms with Gasteiger partial charge in [-0.3, -0.25) is 28.6 Å². The lowest BCUT2D eigenvalue weighted by Gasteiger charge is -2.12. The van der Waals surface area contributed by atoms with Crippen LogP contribution in [0, 0.1) is 0 Å². The number of imide groups is 1. The zero-order chi connectivity index (χ0) is 35.6. The van der Waals surface area contributed by atoms with E-state index in [1.807, 2.05) is 0 Å². The second-order valence-electron chi connectivity index (χ2n) is 10.3. The van der Waals surface area contributed by atoms with E-state index in [2.05, 4.69) is 25.8 Å². The van der Waals surface area contributed by atoms with Gasteiger partial charge in [-0.2, -0.15) is 30.4 Å². The molecule has 1 aliphatic heterocycles. The summed E-state index contributed by atoms with van der Waals surface area (Å²) < 4.78 is 102. The van der Waals surface area contributed by atoms with Crippen molar-refractivity contribution in [2.45, 2.75) is 14.7 Å². The smallest absolute Gasteiger partial charge is 0.297 e. The number of fused-ring (bicyclic) bond motifs is 3. The number of aromatic hydroxyl groups is 1. The molecule has 0 unspecified atom stereocenters. The molecule has 0 bridgehead atoms. The minimum absolute atomic E-state index is 0.0376. The number of rotatable bonds is 7. The lowest BCUT2D eigenvalue weighted by Crippen LogP contribution is -2.19. The first-order valence-corrected chi connectivity index (χ1v) is 17.6. The highest BCUT2D eigenvalue weighted by atomic mass is 32.2. The summed E-state index contributed by atoms with van der Waals surface area (Å²) in [5.41, 5.74) is 4.65. The summed E-state index contributed by atoms with van der Waals surface area (Å²) in [5, 5.41) is 28.3. The summed E-state index contributed by atoms with van der Waals surface area (Å²) in [6, 6.07) is 12.7. The van der Waals surface area contributed by atoms with Crippen LogP contribution in [0.15, 0.2) is 102 Å². The molecule has 2 amide bonds. The normalized spacial score (nSPS) is 13.9. The van der Waals surface area contributed by atoms with E-state index in [9.17, 15) is 53.6 Å². The van der Waals surface area contributed by atoms with E-state index in [0.29, 0.717) is 6.07 Å². The molecule has 0 aromatic heterocycles. The summed E-state index contributed by atoms with van der Waals surface area (Å²) in [7, 11) is -15.1. The van der Waals surface area contributed by atoms with Gasteiger partial charge in [0, 0.05) is 21.5 Å². The molecule has 0 saturated heterocycles. The van der Waals surface area contributed by atoms with Crippen LogP contribution in [0.4, 0.5) is 28.4 Å². The lowest BCUT2D eigenvalue weighted by atomic mass is 10.1. The number of nitrogens with zero attached hydrogens (tertiary/aromatic N) is 4. The van der Waals surface area contributed by atoms with E-state index < -0.39 is 79.4 Å². The molecular weight excluding hydrogens is 709 g/mol. The Balaban J connectivity index is 1.52. The third-order valence-electron chi connectivity index (χ3n) is 7.24. The van der Waals surface area contributed by atoms with Crippen LogP contribution in [-0.2, 0) is 30.4 Å². The van der Waals surface area contributed by atoms with Gasteiger partial charge in [0.1, 0.15) is 15.5 Å². The van der Waals surface area contributed by atoms with Crippen LogP contribution in [0.2, 0.25) is 0 Å². The number of hydrogen-bond donors (Lipinski definition) is 6. The summed E-state index contributed by atoms with van der Waals surface area (Å²) in [4.78, 5) is 21.2. The molecule has 6 rings (SSSR count). The molecule has 0 atom stereocenters. The Morgan fingerprint density at radius 2 is 1.22 bits per heavy atom. The number of benzene rings is 5. The first-order chi connectivity index (χ1) is 22.8. The Hall–Kier alpha value is -5.71. The van der Waals surface area contributed by atoms with Gasteiger partial charge in [0.25, 0.3) is 42.2 Å². The van der Waals surface area contributed by atoms with E-state index in [1.54, 1.807) is 0 Å². The highest BCUT2D eigenvalue weighted by Gasteiger charge is 2.28. The van der Waals surface area contributed by atoms with Crippen LogP contribution in [0.25, 0.3) is 21.5 Å². The number of nitrogen functional groups attached to an aromatic ring is 1. The molecule has 5 aromatic rings. The lowest BCUT2D eigenvalue weighted by molar-refractivity contribution is 0.0879. The van der Waals surface area contributed by atoms with Crippen molar-refractivity contribution in [1.29, 1.82) is 0 Å². The number of carbonyl (C=O) groups excluding carboxylic acids is 2. The summed E-state index contributed by atoms with van der Waals surface area (Å²) >= 11 is 0. The van der Waals surface area contributed by atoms with Gasteiger partial charge in [-0.15, -0.1) is 15.3 Å². The molecule has 0 saturated carbocycles. The van der Waals surface area contributed by atoms with Gasteiger partial charge in [0.05, 0.1) is 38.8 Å². The summed E-state index contributed by atoms with van der Waals surface area (Å²) in [6.45, 7) is 0. The predicted octanol–water partition coefficient (Wildman–Crippen LogP) is 4.74. The van der Waals surface area contributed by atoms with Gasteiger partial charge in [0.2, 0.25) is 0 Å². The van der Waals surface area contributed by atoms with Crippen LogP contribution in [0.3, 0.4) is 0 Å². The Bertz CT molecular complexity index is 2730. The van der Waals surface area contributed by atoms with Crippen LogP contribution in [0.1, 0.15) is 20.7 Å². The maximum atomic E-state index is 12.3. The largest absolute Gasteiger partial charge is 0.505 e. The number of carbonyl (C=O) groups is 2. The van der Waals surface area contributed by atoms with Crippen molar-refractivity contribution >= 4 is 92.2 Å². The average molecular weight is 727 g/mol. The third kappa shape index (κ3) is 6.08. The van der Waals surface area contributed by atoms with Gasteiger partial charge in [0.15, 0.2) is 5.75 Å². The summed E-state index contributed by atoms with van der Waals surface area (Å²) in [6.07, 6.45) is 0. The highest BCUT2D eigenvalue weighted by molar-refractivity contribution is 7.86. The fourth-order valence-corrected chi connectivity index (χ4v) is 7.02. The van der Waals surface area contributed by atoms with Gasteiger partial charge >= 0.3 is 0 Å². The van der Waals surface area contributed by atoms with Crippen LogP contribution in [-0.4, -0.2) is 55.8 Å². The Kier molecular flexibility index (Phi) is 7.77.